The second-order valence-electron chi connectivity index (χ2n) is 7.43. The molecule has 1 unspecified atom stereocenters. The summed E-state index contributed by atoms with van der Waals surface area (Å²) in [6.45, 7) is 5.91. The van der Waals surface area contributed by atoms with Gasteiger partial charge in [-0.25, -0.2) is 4.39 Å². The van der Waals surface area contributed by atoms with Gasteiger partial charge in [0, 0.05) is 33.9 Å². The Hall–Kier alpha value is -1.76. The maximum absolute atomic E-state index is 14.0. The fraction of sp³-hybridized carbons (Fsp3) is 0.391. The Balaban J connectivity index is 2.16. The smallest absolute Gasteiger partial charge is 0.243 e. The van der Waals surface area contributed by atoms with Gasteiger partial charge < -0.3 is 10.2 Å². The molecule has 2 aromatic rings. The third kappa shape index (κ3) is 7.70. The van der Waals surface area contributed by atoms with Crippen LogP contribution in [-0.2, 0) is 21.9 Å². The molecule has 2 amide bonds. The highest BCUT2D eigenvalue weighted by Crippen LogP contribution is 2.25. The first-order chi connectivity index (χ1) is 14.7. The minimum atomic E-state index is -0.608. The van der Waals surface area contributed by atoms with Crippen molar-refractivity contribution in [3.8, 4) is 0 Å². The summed E-state index contributed by atoms with van der Waals surface area (Å²) in [7, 11) is 0. The lowest BCUT2D eigenvalue weighted by Crippen LogP contribution is -2.50. The molecule has 2 rings (SSSR count). The van der Waals surface area contributed by atoms with Crippen molar-refractivity contribution < 1.29 is 14.0 Å². The summed E-state index contributed by atoms with van der Waals surface area (Å²) in [5.74, 6) is -0.418. The first-order valence-corrected chi connectivity index (χ1v) is 12.0. The molecule has 0 bridgehead atoms. The molecule has 0 spiro atoms. The number of hydrogen-bond acceptors (Lipinski definition) is 3. The molecule has 0 saturated carbocycles. The molecule has 0 aliphatic carbocycles. The van der Waals surface area contributed by atoms with Gasteiger partial charge in [-0.1, -0.05) is 48.3 Å². The summed E-state index contributed by atoms with van der Waals surface area (Å²) in [5.41, 5.74) is 1.24. The first-order valence-electron chi connectivity index (χ1n) is 10.1. The zero-order valence-electron chi connectivity index (χ0n) is 17.8. The number of nitrogens with zero attached hydrogens (tertiary/aromatic N) is 1. The van der Waals surface area contributed by atoms with Crippen molar-refractivity contribution in [2.45, 2.75) is 51.6 Å². The van der Waals surface area contributed by atoms with Crippen LogP contribution in [0.1, 0.15) is 38.3 Å². The quantitative estimate of drug-likeness (QED) is 0.470. The molecule has 4 nitrogen and oxygen atoms in total. The molecule has 31 heavy (non-hydrogen) atoms. The average Bonchev–Trinajstić information content (AvgIpc) is 2.70. The van der Waals surface area contributed by atoms with Crippen LogP contribution in [0.25, 0.3) is 0 Å². The van der Waals surface area contributed by atoms with E-state index in [9.17, 15) is 14.0 Å². The number of rotatable bonds is 10. The Morgan fingerprint density at radius 1 is 1.13 bits per heavy atom. The lowest BCUT2D eigenvalue weighted by Gasteiger charge is -2.31. The summed E-state index contributed by atoms with van der Waals surface area (Å²) in [6.07, 6.45) is 0.474. The number of benzene rings is 2. The molecule has 0 heterocycles. The molecule has 0 aromatic heterocycles. The van der Waals surface area contributed by atoms with Crippen LogP contribution < -0.4 is 5.32 Å². The number of carbonyl (C=O) groups excluding carboxylic acids is 2. The molecule has 0 fully saturated rings. The predicted octanol–water partition coefficient (Wildman–Crippen LogP) is 5.70. The highest BCUT2D eigenvalue weighted by atomic mass is 35.5. The number of carbonyl (C=O) groups is 2. The Morgan fingerprint density at radius 2 is 1.81 bits per heavy atom. The topological polar surface area (TPSA) is 49.4 Å². The van der Waals surface area contributed by atoms with E-state index >= 15 is 0 Å². The van der Waals surface area contributed by atoms with Crippen LogP contribution in [0.4, 0.5) is 4.39 Å². The van der Waals surface area contributed by atoms with E-state index in [1.165, 1.54) is 17.8 Å². The van der Waals surface area contributed by atoms with Gasteiger partial charge in [-0.15, -0.1) is 11.8 Å². The lowest BCUT2D eigenvalue weighted by atomic mass is 10.1. The van der Waals surface area contributed by atoms with E-state index in [0.29, 0.717) is 22.0 Å². The average molecular weight is 485 g/mol. The predicted molar refractivity (Wildman–Crippen MR) is 127 cm³/mol. The molecule has 8 heteroatoms. The largest absolute Gasteiger partial charge is 0.352 e. The van der Waals surface area contributed by atoms with Gasteiger partial charge >= 0.3 is 0 Å². The number of thioether (sulfide) groups is 1. The van der Waals surface area contributed by atoms with Crippen LogP contribution >= 0.6 is 35.0 Å². The van der Waals surface area contributed by atoms with Crippen molar-refractivity contribution in [1.82, 2.24) is 10.2 Å². The van der Waals surface area contributed by atoms with Gasteiger partial charge in [-0.2, -0.15) is 0 Å². The number of nitrogens with one attached hydrogen (secondary N) is 1. The van der Waals surface area contributed by atoms with Crippen molar-refractivity contribution >= 4 is 46.8 Å². The van der Waals surface area contributed by atoms with E-state index in [1.807, 2.05) is 32.9 Å². The fourth-order valence-electron chi connectivity index (χ4n) is 3.08. The van der Waals surface area contributed by atoms with Gasteiger partial charge in [0.15, 0.2) is 0 Å². The molecule has 0 radical (unpaired) electrons. The standard InChI is InChI=1S/C23H27Cl2FN2O2S/c1-4-21(23(30)27-15(2)3)28(12-16-8-10-17(24)11-9-16)22(29)14-31-13-18-19(25)6-5-7-20(18)26/h5-11,15,21H,4,12-14H2,1-3H3,(H,27,30). The van der Waals surface area contributed by atoms with E-state index in [4.69, 9.17) is 23.2 Å². The molecular formula is C23H27Cl2FN2O2S. The van der Waals surface area contributed by atoms with Gasteiger partial charge in [0.25, 0.3) is 0 Å². The molecule has 0 saturated heterocycles. The summed E-state index contributed by atoms with van der Waals surface area (Å²) < 4.78 is 14.0. The van der Waals surface area contributed by atoms with Gasteiger partial charge in [0.05, 0.1) is 5.75 Å². The van der Waals surface area contributed by atoms with Crippen LogP contribution in [-0.4, -0.2) is 34.6 Å². The summed E-state index contributed by atoms with van der Waals surface area (Å²) in [4.78, 5) is 27.5. The van der Waals surface area contributed by atoms with Crippen LogP contribution in [0.15, 0.2) is 42.5 Å². The monoisotopic (exact) mass is 484 g/mol. The zero-order chi connectivity index (χ0) is 23.0. The Kier molecular flexibility index (Phi) is 10.1. The summed E-state index contributed by atoms with van der Waals surface area (Å²) in [6, 6.07) is 11.1. The lowest BCUT2D eigenvalue weighted by molar-refractivity contribution is -0.139. The molecule has 0 aliphatic rings. The van der Waals surface area contributed by atoms with Gasteiger partial charge in [-0.3, -0.25) is 9.59 Å². The minimum absolute atomic E-state index is 0.0355. The molecule has 1 N–H and O–H groups in total. The van der Waals surface area contributed by atoms with E-state index < -0.39 is 11.9 Å². The van der Waals surface area contributed by atoms with Crippen molar-refractivity contribution in [1.29, 1.82) is 0 Å². The number of amides is 2. The van der Waals surface area contributed by atoms with Crippen LogP contribution in [0, 0.1) is 5.82 Å². The maximum Gasteiger partial charge on any atom is 0.243 e. The minimum Gasteiger partial charge on any atom is -0.352 e. The van der Waals surface area contributed by atoms with E-state index in [1.54, 1.807) is 29.2 Å². The van der Waals surface area contributed by atoms with Crippen LogP contribution in [0.3, 0.4) is 0 Å². The molecule has 0 aliphatic heterocycles. The van der Waals surface area contributed by atoms with Crippen molar-refractivity contribution in [2.24, 2.45) is 0 Å². The Bertz CT molecular complexity index is 873. The molecule has 168 valence electrons. The van der Waals surface area contributed by atoms with E-state index in [-0.39, 0.29) is 35.9 Å². The Labute approximate surface area is 197 Å². The van der Waals surface area contributed by atoms with Crippen LogP contribution in [0.2, 0.25) is 10.0 Å². The second-order valence-corrected chi connectivity index (χ2v) is 9.26. The Morgan fingerprint density at radius 3 is 2.39 bits per heavy atom. The normalized spacial score (nSPS) is 12.0. The SMILES string of the molecule is CCC(C(=O)NC(C)C)N(Cc1ccc(Cl)cc1)C(=O)CSCc1c(F)cccc1Cl. The van der Waals surface area contributed by atoms with Gasteiger partial charge in [-0.05, 0) is 50.1 Å². The number of hydrogen-bond donors (Lipinski definition) is 1. The molecular weight excluding hydrogens is 458 g/mol. The van der Waals surface area contributed by atoms with Crippen LogP contribution in [0.5, 0.6) is 0 Å². The van der Waals surface area contributed by atoms with Crippen molar-refractivity contribution in [3.05, 3.63) is 69.5 Å². The van der Waals surface area contributed by atoms with Gasteiger partial charge in [0.1, 0.15) is 11.9 Å². The maximum atomic E-state index is 14.0. The highest BCUT2D eigenvalue weighted by molar-refractivity contribution is 7.99. The first kappa shape index (κ1) is 25.5. The molecule has 2 aromatic carbocycles. The number of halogens is 3. The van der Waals surface area contributed by atoms with Gasteiger partial charge in [0.2, 0.25) is 11.8 Å². The van der Waals surface area contributed by atoms with E-state index in [2.05, 4.69) is 5.32 Å². The fourth-order valence-corrected chi connectivity index (χ4v) is 4.46. The summed E-state index contributed by atoms with van der Waals surface area (Å²) >= 11 is 13.3. The van der Waals surface area contributed by atoms with Crippen molar-refractivity contribution in [3.63, 3.8) is 0 Å². The third-order valence-corrected chi connectivity index (χ3v) is 6.17. The van der Waals surface area contributed by atoms with Crippen molar-refractivity contribution in [2.75, 3.05) is 5.75 Å². The molecule has 1 atom stereocenters. The summed E-state index contributed by atoms with van der Waals surface area (Å²) in [5, 5.41) is 3.83. The second kappa shape index (κ2) is 12.3. The highest BCUT2D eigenvalue weighted by Gasteiger charge is 2.29. The third-order valence-electron chi connectivity index (χ3n) is 4.62. The zero-order valence-corrected chi connectivity index (χ0v) is 20.2. The van der Waals surface area contributed by atoms with E-state index in [0.717, 1.165) is 5.56 Å².